The number of ether oxygens (including phenoxy) is 1. The Kier molecular flexibility index (Phi) is 3.64. The lowest BCUT2D eigenvalue weighted by atomic mass is 10.1. The smallest absolute Gasteiger partial charge is 0.231 e. The van der Waals surface area contributed by atoms with E-state index in [1.165, 1.54) is 11.3 Å². The number of aromatic nitrogens is 1. The summed E-state index contributed by atoms with van der Waals surface area (Å²) in [6.07, 6.45) is 3.39. The maximum Gasteiger partial charge on any atom is 0.231 e. The van der Waals surface area contributed by atoms with Crippen LogP contribution in [0.25, 0.3) is 11.8 Å². The number of benzene rings is 1. The molecule has 1 aromatic heterocycles. The van der Waals surface area contributed by atoms with Gasteiger partial charge in [-0.3, -0.25) is 5.41 Å². The molecule has 1 aliphatic rings. The molecule has 0 atom stereocenters. The molecule has 0 unspecified atom stereocenters. The molecule has 0 bridgehead atoms. The third-order valence-electron chi connectivity index (χ3n) is 3.04. The third kappa shape index (κ3) is 2.71. The van der Waals surface area contributed by atoms with Gasteiger partial charge in [-0.1, -0.05) is 17.4 Å². The topological polar surface area (TPSA) is 105 Å². The molecule has 7 heteroatoms. The normalized spacial score (nSPS) is 14.3. The van der Waals surface area contributed by atoms with Crippen LogP contribution in [0.3, 0.4) is 0 Å². The number of amidine groups is 1. The minimum atomic E-state index is -0.0766. The summed E-state index contributed by atoms with van der Waals surface area (Å²) in [4.78, 5) is 8.57. The van der Waals surface area contributed by atoms with Crippen LogP contribution in [-0.2, 0) is 4.74 Å². The molecule has 0 radical (unpaired) electrons. The Bertz CT molecular complexity index is 899. The minimum Gasteiger partial charge on any atom is -0.493 e. The van der Waals surface area contributed by atoms with Crippen LogP contribution in [0, 0.1) is 5.41 Å². The SMILES string of the molecule is CCOC1=CC(=N)N=c2ccc(=Cc3sc(N)nc3O)cc21. The Hall–Kier alpha value is -2.67. The molecule has 0 fully saturated rings. The Morgan fingerprint density at radius 2 is 2.27 bits per heavy atom. The molecule has 112 valence electrons. The molecule has 1 aromatic carbocycles. The molecule has 0 spiro atoms. The zero-order chi connectivity index (χ0) is 15.7. The van der Waals surface area contributed by atoms with Crippen molar-refractivity contribution in [1.29, 1.82) is 5.41 Å². The first-order valence-corrected chi connectivity index (χ1v) is 7.47. The summed E-state index contributed by atoms with van der Waals surface area (Å²) in [6.45, 7) is 2.41. The van der Waals surface area contributed by atoms with E-state index in [1.54, 1.807) is 12.2 Å². The lowest BCUT2D eigenvalue weighted by molar-refractivity contribution is 0.297. The van der Waals surface area contributed by atoms with Crippen molar-refractivity contribution >= 4 is 34.1 Å². The highest BCUT2D eigenvalue weighted by Gasteiger charge is 2.12. The number of rotatable bonds is 3. The summed E-state index contributed by atoms with van der Waals surface area (Å²) in [5.74, 6) is 0.716. The fraction of sp³-hybridized carbons (Fsp3) is 0.133. The summed E-state index contributed by atoms with van der Waals surface area (Å²) in [6, 6.07) is 5.59. The number of hydrogen-bond donors (Lipinski definition) is 3. The van der Waals surface area contributed by atoms with Gasteiger partial charge in [0.2, 0.25) is 5.88 Å². The maximum atomic E-state index is 9.71. The quantitative estimate of drug-likeness (QED) is 0.793. The van der Waals surface area contributed by atoms with E-state index in [4.69, 9.17) is 15.9 Å². The van der Waals surface area contributed by atoms with Gasteiger partial charge in [-0.25, -0.2) is 4.99 Å². The number of nitrogens with two attached hydrogens (primary N) is 1. The highest BCUT2D eigenvalue weighted by atomic mass is 32.1. The first-order chi connectivity index (χ1) is 10.6. The summed E-state index contributed by atoms with van der Waals surface area (Å²) < 4.78 is 5.58. The second kappa shape index (κ2) is 5.61. The fourth-order valence-electron chi connectivity index (χ4n) is 2.16. The average molecular weight is 314 g/mol. The van der Waals surface area contributed by atoms with E-state index < -0.39 is 0 Å². The highest BCUT2D eigenvalue weighted by Crippen LogP contribution is 2.26. The molecule has 0 saturated heterocycles. The molecular formula is C15H14N4O2S. The van der Waals surface area contributed by atoms with Crippen LogP contribution in [0.2, 0.25) is 0 Å². The van der Waals surface area contributed by atoms with Crippen molar-refractivity contribution in [3.63, 3.8) is 0 Å². The van der Waals surface area contributed by atoms with E-state index in [0.29, 0.717) is 27.7 Å². The van der Waals surface area contributed by atoms with Crippen LogP contribution in [0.1, 0.15) is 17.4 Å². The van der Waals surface area contributed by atoms with Crippen molar-refractivity contribution in [2.45, 2.75) is 6.92 Å². The predicted molar refractivity (Wildman–Crippen MR) is 86.3 cm³/mol. The molecule has 0 amide bonds. The number of fused-ring (bicyclic) bond motifs is 1. The first-order valence-electron chi connectivity index (χ1n) is 6.66. The van der Waals surface area contributed by atoms with Gasteiger partial charge in [0, 0.05) is 11.6 Å². The Balaban J connectivity index is 2.13. The van der Waals surface area contributed by atoms with Crippen molar-refractivity contribution in [2.24, 2.45) is 4.99 Å². The number of aromatic hydroxyl groups is 1. The highest BCUT2D eigenvalue weighted by molar-refractivity contribution is 7.16. The molecule has 1 aliphatic heterocycles. The Labute approximate surface area is 130 Å². The Morgan fingerprint density at radius 3 is 2.95 bits per heavy atom. The first kappa shape index (κ1) is 14.3. The molecule has 2 heterocycles. The molecular weight excluding hydrogens is 300 g/mol. The number of nitrogens with zero attached hydrogens (tertiary/aromatic N) is 2. The molecule has 0 saturated carbocycles. The second-order valence-electron chi connectivity index (χ2n) is 4.60. The van der Waals surface area contributed by atoms with Gasteiger partial charge >= 0.3 is 0 Å². The van der Waals surface area contributed by atoms with Gasteiger partial charge in [-0.2, -0.15) is 4.98 Å². The summed E-state index contributed by atoms with van der Waals surface area (Å²) in [7, 11) is 0. The minimum absolute atomic E-state index is 0.0766. The van der Waals surface area contributed by atoms with E-state index in [2.05, 4.69) is 9.98 Å². The summed E-state index contributed by atoms with van der Waals surface area (Å²) >= 11 is 1.22. The molecule has 2 aromatic rings. The number of nitrogens with one attached hydrogen (secondary N) is 1. The Morgan fingerprint density at radius 1 is 1.45 bits per heavy atom. The van der Waals surface area contributed by atoms with Crippen LogP contribution in [0.4, 0.5) is 5.13 Å². The zero-order valence-electron chi connectivity index (χ0n) is 11.8. The van der Waals surface area contributed by atoms with Crippen LogP contribution in [0.5, 0.6) is 5.88 Å². The van der Waals surface area contributed by atoms with Crippen molar-refractivity contribution in [2.75, 3.05) is 12.3 Å². The standard InChI is InChI=1S/C15H14N4O2S/c1-2-21-11-7-13(16)18-10-4-3-8(5-9(10)11)6-12-14(20)19-15(17)22-12/h3-7,16,20H,2H2,1H3,(H2,17,19). The van der Waals surface area contributed by atoms with Gasteiger partial charge in [0.25, 0.3) is 0 Å². The second-order valence-corrected chi connectivity index (χ2v) is 5.66. The van der Waals surface area contributed by atoms with Crippen LogP contribution >= 0.6 is 11.3 Å². The van der Waals surface area contributed by atoms with E-state index in [9.17, 15) is 5.11 Å². The van der Waals surface area contributed by atoms with E-state index in [0.717, 1.165) is 10.8 Å². The van der Waals surface area contributed by atoms with Crippen molar-refractivity contribution < 1.29 is 9.84 Å². The third-order valence-corrected chi connectivity index (χ3v) is 3.86. The van der Waals surface area contributed by atoms with Crippen molar-refractivity contribution in [3.8, 4) is 5.88 Å². The van der Waals surface area contributed by atoms with Gasteiger partial charge in [0.05, 0.1) is 16.8 Å². The summed E-state index contributed by atoms with van der Waals surface area (Å²) in [5.41, 5.74) is 6.40. The lowest BCUT2D eigenvalue weighted by Gasteiger charge is -2.12. The maximum absolute atomic E-state index is 9.71. The van der Waals surface area contributed by atoms with Gasteiger partial charge < -0.3 is 15.6 Å². The average Bonchev–Trinajstić information content (AvgIpc) is 2.77. The molecule has 3 rings (SSSR count). The molecule has 4 N–H and O–H groups in total. The van der Waals surface area contributed by atoms with E-state index in [-0.39, 0.29) is 11.7 Å². The van der Waals surface area contributed by atoms with Gasteiger partial charge in [0.15, 0.2) is 5.13 Å². The van der Waals surface area contributed by atoms with Gasteiger partial charge in [0.1, 0.15) is 11.6 Å². The van der Waals surface area contributed by atoms with Crippen molar-refractivity contribution in [1.82, 2.24) is 4.98 Å². The monoisotopic (exact) mass is 314 g/mol. The van der Waals surface area contributed by atoms with Crippen LogP contribution < -0.4 is 16.3 Å². The van der Waals surface area contributed by atoms with Gasteiger partial charge in [-0.15, -0.1) is 0 Å². The molecule has 0 aliphatic carbocycles. The fourth-order valence-corrected chi connectivity index (χ4v) is 2.85. The summed E-state index contributed by atoms with van der Waals surface area (Å²) in [5, 5.41) is 19.3. The number of thiazole rings is 1. The van der Waals surface area contributed by atoms with Gasteiger partial charge in [-0.05, 0) is 30.4 Å². The van der Waals surface area contributed by atoms with Crippen LogP contribution in [0.15, 0.2) is 29.3 Å². The van der Waals surface area contributed by atoms with E-state index >= 15 is 0 Å². The largest absolute Gasteiger partial charge is 0.493 e. The van der Waals surface area contributed by atoms with Crippen LogP contribution in [-0.4, -0.2) is 22.5 Å². The van der Waals surface area contributed by atoms with E-state index in [1.807, 2.05) is 25.1 Å². The number of nitrogen functional groups attached to an aromatic ring is 1. The van der Waals surface area contributed by atoms with Crippen molar-refractivity contribution in [3.05, 3.63) is 45.3 Å². The lowest BCUT2D eigenvalue weighted by Crippen LogP contribution is -2.20. The molecule has 22 heavy (non-hydrogen) atoms. The number of anilines is 1. The predicted octanol–water partition coefficient (Wildman–Crippen LogP) is 1.25. The number of hydrogen-bond acceptors (Lipinski definition) is 6. The molecule has 6 nitrogen and oxygen atoms in total. The zero-order valence-corrected chi connectivity index (χ0v) is 12.6.